The molecule has 0 saturated carbocycles. The van der Waals surface area contributed by atoms with E-state index in [9.17, 15) is 13.2 Å². The molecular formula is C25H21NO3S. The summed E-state index contributed by atoms with van der Waals surface area (Å²) < 4.78 is 29.1. The number of hydrogen-bond donors (Lipinski definition) is 0. The van der Waals surface area contributed by atoms with Gasteiger partial charge in [0, 0.05) is 23.3 Å². The predicted octanol–water partition coefficient (Wildman–Crippen LogP) is 5.28. The Morgan fingerprint density at radius 2 is 1.60 bits per heavy atom. The van der Waals surface area contributed by atoms with Gasteiger partial charge in [0.05, 0.1) is 16.1 Å². The van der Waals surface area contributed by atoms with Crippen LogP contribution >= 0.6 is 0 Å². The van der Waals surface area contributed by atoms with Crippen molar-refractivity contribution in [3.63, 3.8) is 0 Å². The van der Waals surface area contributed by atoms with E-state index in [0.29, 0.717) is 17.6 Å². The van der Waals surface area contributed by atoms with E-state index in [1.54, 1.807) is 19.1 Å². The van der Waals surface area contributed by atoms with Crippen LogP contribution in [0.15, 0.2) is 77.7 Å². The molecule has 1 aromatic heterocycles. The van der Waals surface area contributed by atoms with Gasteiger partial charge in [0.1, 0.15) is 5.78 Å². The van der Waals surface area contributed by atoms with Gasteiger partial charge >= 0.3 is 0 Å². The van der Waals surface area contributed by atoms with Crippen LogP contribution in [0.2, 0.25) is 0 Å². The van der Waals surface area contributed by atoms with Crippen molar-refractivity contribution in [1.29, 1.82) is 0 Å². The number of rotatable bonds is 4. The second-order valence-electron chi connectivity index (χ2n) is 7.91. The number of Topliss-reactive ketones (excluding diaryl/α,β-unsaturated/α-hetero) is 1. The third-order valence-electron chi connectivity index (χ3n) is 5.86. The average Bonchev–Trinajstić information content (AvgIpc) is 3.22. The van der Waals surface area contributed by atoms with Crippen molar-refractivity contribution >= 4 is 26.7 Å². The Kier molecular flexibility index (Phi) is 4.19. The Labute approximate surface area is 175 Å². The number of benzene rings is 3. The highest BCUT2D eigenvalue weighted by Crippen LogP contribution is 2.51. The SMILES string of the molecule is CC(=O)CC1c2ccccc2-c2c1c1ccccc1n2S(=O)(=O)c1ccc(C)cc1. The number of aromatic nitrogens is 1. The normalized spacial score (nSPS) is 15.2. The number of para-hydroxylation sites is 1. The molecule has 1 unspecified atom stereocenters. The minimum Gasteiger partial charge on any atom is -0.300 e. The minimum absolute atomic E-state index is 0.0841. The molecule has 0 fully saturated rings. The third kappa shape index (κ3) is 2.66. The van der Waals surface area contributed by atoms with Crippen LogP contribution in [0.1, 0.15) is 36.0 Å². The standard InChI is InChI=1S/C25H21NO3S/c1-16-11-13-18(14-12-16)30(28,29)26-23-10-6-5-9-21(23)24-22(15-17(2)27)19-7-3-4-8-20(19)25(24)26/h3-14,22H,15H2,1-2H3. The summed E-state index contributed by atoms with van der Waals surface area (Å²) in [7, 11) is -3.83. The summed E-state index contributed by atoms with van der Waals surface area (Å²) in [6, 6.07) is 22.3. The molecule has 0 saturated heterocycles. The van der Waals surface area contributed by atoms with Crippen LogP contribution in [-0.2, 0) is 14.8 Å². The molecule has 1 aliphatic rings. The zero-order valence-corrected chi connectivity index (χ0v) is 17.6. The van der Waals surface area contributed by atoms with Gasteiger partial charge in [-0.15, -0.1) is 0 Å². The molecule has 0 bridgehead atoms. The number of hydrogen-bond acceptors (Lipinski definition) is 3. The summed E-state index contributed by atoms with van der Waals surface area (Å²) in [5.41, 5.74) is 5.15. The smallest absolute Gasteiger partial charge is 0.268 e. The van der Waals surface area contributed by atoms with Crippen molar-refractivity contribution in [2.24, 2.45) is 0 Å². The quantitative estimate of drug-likeness (QED) is 0.456. The molecule has 0 radical (unpaired) electrons. The second-order valence-corrected chi connectivity index (χ2v) is 9.69. The number of carbonyl (C=O) groups excluding carboxylic acids is 1. The first-order valence-electron chi connectivity index (χ1n) is 9.94. The number of aryl methyl sites for hydroxylation is 1. The van der Waals surface area contributed by atoms with Crippen LogP contribution in [0.3, 0.4) is 0 Å². The molecule has 5 rings (SSSR count). The maximum absolute atomic E-state index is 13.8. The van der Waals surface area contributed by atoms with Gasteiger partial charge in [-0.1, -0.05) is 60.2 Å². The lowest BCUT2D eigenvalue weighted by Gasteiger charge is -2.13. The highest BCUT2D eigenvalue weighted by molar-refractivity contribution is 7.90. The van der Waals surface area contributed by atoms with Crippen molar-refractivity contribution in [2.45, 2.75) is 31.1 Å². The summed E-state index contributed by atoms with van der Waals surface area (Å²) in [5, 5.41) is 0.880. The first-order valence-corrected chi connectivity index (χ1v) is 11.4. The number of ketones is 1. The van der Waals surface area contributed by atoms with E-state index < -0.39 is 10.0 Å². The zero-order valence-electron chi connectivity index (χ0n) is 16.8. The van der Waals surface area contributed by atoms with Gasteiger partial charge in [0.15, 0.2) is 0 Å². The highest BCUT2D eigenvalue weighted by Gasteiger charge is 2.38. The summed E-state index contributed by atoms with van der Waals surface area (Å²) in [4.78, 5) is 12.3. The summed E-state index contributed by atoms with van der Waals surface area (Å²) >= 11 is 0. The topological polar surface area (TPSA) is 56.1 Å². The maximum atomic E-state index is 13.8. The van der Waals surface area contributed by atoms with E-state index in [0.717, 1.165) is 27.6 Å². The van der Waals surface area contributed by atoms with Crippen molar-refractivity contribution in [3.05, 3.63) is 89.5 Å². The Hall–Kier alpha value is -3.18. The summed E-state index contributed by atoms with van der Waals surface area (Å²) in [5.74, 6) is -0.0612. The molecule has 0 N–H and O–H groups in total. The second kappa shape index (κ2) is 6.67. The molecule has 1 heterocycles. The third-order valence-corrected chi connectivity index (χ3v) is 7.59. The van der Waals surface area contributed by atoms with Crippen molar-refractivity contribution < 1.29 is 13.2 Å². The van der Waals surface area contributed by atoms with Gasteiger partial charge in [-0.05, 0) is 43.2 Å². The van der Waals surface area contributed by atoms with E-state index in [-0.39, 0.29) is 16.6 Å². The van der Waals surface area contributed by atoms with Gasteiger partial charge < -0.3 is 0 Å². The largest absolute Gasteiger partial charge is 0.300 e. The number of fused-ring (bicyclic) bond motifs is 5. The molecule has 0 amide bonds. The Morgan fingerprint density at radius 1 is 0.933 bits per heavy atom. The highest BCUT2D eigenvalue weighted by atomic mass is 32.2. The Morgan fingerprint density at radius 3 is 2.33 bits per heavy atom. The fourth-order valence-electron chi connectivity index (χ4n) is 4.58. The van der Waals surface area contributed by atoms with E-state index >= 15 is 0 Å². The van der Waals surface area contributed by atoms with Crippen LogP contribution in [0, 0.1) is 6.92 Å². The number of carbonyl (C=O) groups is 1. The van der Waals surface area contributed by atoms with Crippen molar-refractivity contribution in [3.8, 4) is 11.3 Å². The van der Waals surface area contributed by atoms with E-state index in [4.69, 9.17) is 0 Å². The predicted molar refractivity (Wildman–Crippen MR) is 118 cm³/mol. The Bertz CT molecular complexity index is 1410. The first kappa shape index (κ1) is 18.8. The van der Waals surface area contributed by atoms with Gasteiger partial charge in [0.25, 0.3) is 10.0 Å². The lowest BCUT2D eigenvalue weighted by molar-refractivity contribution is -0.117. The molecule has 5 heteroatoms. The molecule has 4 aromatic rings. The summed E-state index contributed by atoms with van der Waals surface area (Å²) in [6.07, 6.45) is 0.350. The van der Waals surface area contributed by atoms with E-state index in [1.807, 2.05) is 67.6 Å². The molecular weight excluding hydrogens is 394 g/mol. The number of nitrogens with zero attached hydrogens (tertiary/aromatic N) is 1. The average molecular weight is 416 g/mol. The molecule has 30 heavy (non-hydrogen) atoms. The molecule has 3 aromatic carbocycles. The molecule has 150 valence electrons. The lowest BCUT2D eigenvalue weighted by Crippen LogP contribution is -2.14. The lowest BCUT2D eigenvalue weighted by atomic mass is 9.91. The fraction of sp³-hybridized carbons (Fsp3) is 0.160. The molecule has 0 aliphatic heterocycles. The van der Waals surface area contributed by atoms with Crippen LogP contribution in [0.25, 0.3) is 22.2 Å². The first-order chi connectivity index (χ1) is 14.4. The fourth-order valence-corrected chi connectivity index (χ4v) is 6.13. The van der Waals surface area contributed by atoms with Crippen molar-refractivity contribution in [1.82, 2.24) is 3.97 Å². The molecule has 1 atom stereocenters. The van der Waals surface area contributed by atoms with Crippen LogP contribution in [0.4, 0.5) is 0 Å². The minimum atomic E-state index is -3.83. The van der Waals surface area contributed by atoms with E-state index in [1.165, 1.54) is 3.97 Å². The monoisotopic (exact) mass is 415 g/mol. The van der Waals surface area contributed by atoms with Crippen LogP contribution < -0.4 is 0 Å². The van der Waals surface area contributed by atoms with Crippen LogP contribution in [-0.4, -0.2) is 18.2 Å². The van der Waals surface area contributed by atoms with Gasteiger partial charge in [-0.25, -0.2) is 12.4 Å². The Balaban J connectivity index is 1.89. The maximum Gasteiger partial charge on any atom is 0.268 e. The van der Waals surface area contributed by atoms with Crippen LogP contribution in [0.5, 0.6) is 0 Å². The van der Waals surface area contributed by atoms with Gasteiger partial charge in [-0.3, -0.25) is 4.79 Å². The molecule has 0 spiro atoms. The van der Waals surface area contributed by atoms with Crippen molar-refractivity contribution in [2.75, 3.05) is 0 Å². The van der Waals surface area contributed by atoms with E-state index in [2.05, 4.69) is 0 Å². The van der Waals surface area contributed by atoms with Gasteiger partial charge in [0.2, 0.25) is 0 Å². The summed E-state index contributed by atoms with van der Waals surface area (Å²) in [6.45, 7) is 3.52. The zero-order chi connectivity index (χ0) is 21.0. The molecule has 1 aliphatic carbocycles. The molecule has 4 nitrogen and oxygen atoms in total. The van der Waals surface area contributed by atoms with Gasteiger partial charge in [-0.2, -0.15) is 0 Å².